The SMILES string of the molecule is O=C(O)Cc1cccc(Oc2ccc(Cl)nn2)c1. The second-order valence-electron chi connectivity index (χ2n) is 3.51. The number of carboxylic acid groups (broad SMARTS) is 1. The first-order chi connectivity index (χ1) is 8.63. The molecule has 92 valence electrons. The van der Waals surface area contributed by atoms with Crippen molar-refractivity contribution in [3.05, 3.63) is 47.1 Å². The first-order valence-corrected chi connectivity index (χ1v) is 5.49. The minimum Gasteiger partial charge on any atom is -0.481 e. The minimum atomic E-state index is -0.890. The Kier molecular flexibility index (Phi) is 3.74. The van der Waals surface area contributed by atoms with Crippen LogP contribution in [0.25, 0.3) is 0 Å². The van der Waals surface area contributed by atoms with Gasteiger partial charge in [0.15, 0.2) is 5.15 Å². The van der Waals surface area contributed by atoms with Gasteiger partial charge in [-0.15, -0.1) is 10.2 Å². The number of carboxylic acids is 1. The lowest BCUT2D eigenvalue weighted by atomic mass is 10.1. The van der Waals surface area contributed by atoms with Crippen molar-refractivity contribution in [2.75, 3.05) is 0 Å². The van der Waals surface area contributed by atoms with Gasteiger partial charge in [0.2, 0.25) is 5.88 Å². The minimum absolute atomic E-state index is 0.0521. The fourth-order valence-corrected chi connectivity index (χ4v) is 1.47. The lowest BCUT2D eigenvalue weighted by Gasteiger charge is -2.05. The molecular weight excluding hydrogens is 256 g/mol. The van der Waals surface area contributed by atoms with E-state index in [1.54, 1.807) is 36.4 Å². The predicted octanol–water partition coefficient (Wildman–Crippen LogP) is 2.55. The molecule has 2 aromatic rings. The largest absolute Gasteiger partial charge is 0.481 e. The number of nitrogens with zero attached hydrogens (tertiary/aromatic N) is 2. The van der Waals surface area contributed by atoms with Crippen molar-refractivity contribution in [1.82, 2.24) is 10.2 Å². The molecule has 2 rings (SSSR count). The van der Waals surface area contributed by atoms with Gasteiger partial charge >= 0.3 is 5.97 Å². The van der Waals surface area contributed by atoms with Crippen LogP contribution < -0.4 is 4.74 Å². The zero-order valence-corrected chi connectivity index (χ0v) is 9.96. The number of aliphatic carboxylic acids is 1. The van der Waals surface area contributed by atoms with Crippen LogP contribution >= 0.6 is 11.6 Å². The molecule has 0 amide bonds. The van der Waals surface area contributed by atoms with Crippen LogP contribution in [0, 0.1) is 0 Å². The van der Waals surface area contributed by atoms with Crippen LogP contribution in [0.1, 0.15) is 5.56 Å². The van der Waals surface area contributed by atoms with E-state index in [1.165, 1.54) is 0 Å². The van der Waals surface area contributed by atoms with Crippen molar-refractivity contribution in [3.8, 4) is 11.6 Å². The third-order valence-corrected chi connectivity index (χ3v) is 2.29. The van der Waals surface area contributed by atoms with Gasteiger partial charge in [-0.25, -0.2) is 0 Å². The summed E-state index contributed by atoms with van der Waals surface area (Å²) in [5.74, 6) is -0.0873. The Hall–Kier alpha value is -2.14. The van der Waals surface area contributed by atoms with E-state index in [1.807, 2.05) is 0 Å². The summed E-state index contributed by atoms with van der Waals surface area (Å²) in [6, 6.07) is 9.93. The number of ether oxygens (including phenoxy) is 1. The molecule has 6 heteroatoms. The van der Waals surface area contributed by atoms with Crippen LogP contribution in [0.5, 0.6) is 11.6 Å². The molecule has 0 bridgehead atoms. The molecule has 0 aliphatic heterocycles. The Bertz CT molecular complexity index is 558. The van der Waals surface area contributed by atoms with Crippen molar-refractivity contribution in [1.29, 1.82) is 0 Å². The van der Waals surface area contributed by atoms with Crippen LogP contribution in [0.2, 0.25) is 5.15 Å². The zero-order valence-electron chi connectivity index (χ0n) is 9.21. The van der Waals surface area contributed by atoms with E-state index in [0.29, 0.717) is 17.2 Å². The van der Waals surface area contributed by atoms with Crippen molar-refractivity contribution in [3.63, 3.8) is 0 Å². The summed E-state index contributed by atoms with van der Waals surface area (Å²) in [6.45, 7) is 0. The Morgan fingerprint density at radius 3 is 2.78 bits per heavy atom. The smallest absolute Gasteiger partial charge is 0.307 e. The maximum absolute atomic E-state index is 10.6. The number of hydrogen-bond donors (Lipinski definition) is 1. The molecule has 0 aliphatic carbocycles. The van der Waals surface area contributed by atoms with Gasteiger partial charge in [0.1, 0.15) is 5.75 Å². The van der Waals surface area contributed by atoms with E-state index < -0.39 is 5.97 Å². The van der Waals surface area contributed by atoms with E-state index in [-0.39, 0.29) is 11.6 Å². The number of rotatable bonds is 4. The van der Waals surface area contributed by atoms with Crippen molar-refractivity contribution in [2.24, 2.45) is 0 Å². The number of hydrogen-bond acceptors (Lipinski definition) is 4. The first kappa shape index (κ1) is 12.3. The molecule has 0 spiro atoms. The molecule has 0 atom stereocenters. The molecule has 0 saturated heterocycles. The van der Waals surface area contributed by atoms with Crippen LogP contribution in [0.15, 0.2) is 36.4 Å². The highest BCUT2D eigenvalue weighted by Crippen LogP contribution is 2.20. The Balaban J connectivity index is 2.13. The molecule has 18 heavy (non-hydrogen) atoms. The second-order valence-corrected chi connectivity index (χ2v) is 3.90. The summed E-state index contributed by atoms with van der Waals surface area (Å²) in [5, 5.41) is 16.4. The quantitative estimate of drug-likeness (QED) is 0.919. The third kappa shape index (κ3) is 3.43. The standard InChI is InChI=1S/C12H9ClN2O3/c13-10-4-5-11(15-14-10)18-9-3-1-2-8(6-9)7-12(16)17/h1-6H,7H2,(H,16,17). The van der Waals surface area contributed by atoms with Gasteiger partial charge < -0.3 is 9.84 Å². The summed E-state index contributed by atoms with van der Waals surface area (Å²) in [6.07, 6.45) is -0.0521. The van der Waals surface area contributed by atoms with Gasteiger partial charge in [0.05, 0.1) is 6.42 Å². The Labute approximate surface area is 108 Å². The molecule has 1 aromatic heterocycles. The van der Waals surface area contributed by atoms with Crippen molar-refractivity contribution < 1.29 is 14.6 Å². The van der Waals surface area contributed by atoms with Crippen LogP contribution in [-0.4, -0.2) is 21.3 Å². The van der Waals surface area contributed by atoms with E-state index in [2.05, 4.69) is 10.2 Å². The lowest BCUT2D eigenvalue weighted by Crippen LogP contribution is -2.00. The molecular formula is C12H9ClN2O3. The van der Waals surface area contributed by atoms with E-state index in [4.69, 9.17) is 21.4 Å². The zero-order chi connectivity index (χ0) is 13.0. The molecule has 0 saturated carbocycles. The van der Waals surface area contributed by atoms with Crippen LogP contribution in [-0.2, 0) is 11.2 Å². The van der Waals surface area contributed by atoms with Crippen LogP contribution in [0.4, 0.5) is 0 Å². The lowest BCUT2D eigenvalue weighted by molar-refractivity contribution is -0.136. The van der Waals surface area contributed by atoms with Gasteiger partial charge in [-0.1, -0.05) is 23.7 Å². The Morgan fingerprint density at radius 1 is 1.28 bits per heavy atom. The van der Waals surface area contributed by atoms with Gasteiger partial charge in [-0.05, 0) is 23.8 Å². The van der Waals surface area contributed by atoms with Gasteiger partial charge in [0, 0.05) is 6.07 Å². The maximum Gasteiger partial charge on any atom is 0.307 e. The van der Waals surface area contributed by atoms with Gasteiger partial charge in [-0.2, -0.15) is 0 Å². The highest BCUT2D eigenvalue weighted by Gasteiger charge is 2.04. The van der Waals surface area contributed by atoms with E-state index in [0.717, 1.165) is 0 Å². The summed E-state index contributed by atoms with van der Waals surface area (Å²) < 4.78 is 5.43. The van der Waals surface area contributed by atoms with Crippen molar-refractivity contribution >= 4 is 17.6 Å². The average molecular weight is 265 g/mol. The number of aromatic nitrogens is 2. The van der Waals surface area contributed by atoms with Gasteiger partial charge in [-0.3, -0.25) is 4.79 Å². The molecule has 0 unspecified atom stereocenters. The fourth-order valence-electron chi connectivity index (χ4n) is 1.37. The molecule has 1 heterocycles. The monoisotopic (exact) mass is 264 g/mol. The third-order valence-electron chi connectivity index (χ3n) is 2.08. The molecule has 0 aliphatic rings. The molecule has 0 fully saturated rings. The van der Waals surface area contributed by atoms with Crippen LogP contribution in [0.3, 0.4) is 0 Å². The normalized spacial score (nSPS) is 10.1. The molecule has 1 aromatic carbocycles. The molecule has 5 nitrogen and oxygen atoms in total. The van der Waals surface area contributed by atoms with E-state index in [9.17, 15) is 4.79 Å². The summed E-state index contributed by atoms with van der Waals surface area (Å²) in [5.41, 5.74) is 0.655. The molecule has 0 radical (unpaired) electrons. The molecule has 1 N–H and O–H groups in total. The topological polar surface area (TPSA) is 72.3 Å². The summed E-state index contributed by atoms with van der Waals surface area (Å²) in [7, 11) is 0. The first-order valence-electron chi connectivity index (χ1n) is 5.11. The predicted molar refractivity (Wildman–Crippen MR) is 64.9 cm³/mol. The average Bonchev–Trinajstić information content (AvgIpc) is 2.32. The second kappa shape index (κ2) is 5.46. The maximum atomic E-state index is 10.6. The fraction of sp³-hybridized carbons (Fsp3) is 0.0833. The number of carbonyl (C=O) groups is 1. The highest BCUT2D eigenvalue weighted by atomic mass is 35.5. The van der Waals surface area contributed by atoms with Crippen molar-refractivity contribution in [2.45, 2.75) is 6.42 Å². The number of benzene rings is 1. The highest BCUT2D eigenvalue weighted by molar-refractivity contribution is 6.29. The van der Waals surface area contributed by atoms with Gasteiger partial charge in [0.25, 0.3) is 0 Å². The summed E-state index contributed by atoms with van der Waals surface area (Å²) in [4.78, 5) is 10.6. The number of halogens is 1. The van der Waals surface area contributed by atoms with E-state index >= 15 is 0 Å². The Morgan fingerprint density at radius 2 is 2.11 bits per heavy atom. The summed E-state index contributed by atoms with van der Waals surface area (Å²) >= 11 is 5.60.